The van der Waals surface area contributed by atoms with Crippen LogP contribution in [0.5, 0.6) is 0 Å². The molecule has 16 heavy (non-hydrogen) atoms. The number of thioether (sulfide) groups is 1. The summed E-state index contributed by atoms with van der Waals surface area (Å²) in [5, 5.41) is 12.1. The lowest BCUT2D eigenvalue weighted by Gasteiger charge is -2.28. The molecule has 0 radical (unpaired) electrons. The average Bonchev–Trinajstić information content (AvgIpc) is 2.27. The van der Waals surface area contributed by atoms with Gasteiger partial charge in [0.05, 0.1) is 5.75 Å². The zero-order chi connectivity index (χ0) is 12.2. The molecule has 1 heterocycles. The van der Waals surface area contributed by atoms with E-state index in [1.807, 2.05) is 0 Å². The summed E-state index contributed by atoms with van der Waals surface area (Å²) < 4.78 is -0.899. The van der Waals surface area contributed by atoms with Crippen molar-refractivity contribution in [1.29, 1.82) is 0 Å². The molecule has 1 rings (SSSR count). The number of carbonyl (C=O) groups is 2. The van der Waals surface area contributed by atoms with Crippen molar-refractivity contribution in [2.75, 3.05) is 31.9 Å². The van der Waals surface area contributed by atoms with Crippen LogP contribution in [0.1, 0.15) is 13.8 Å². The minimum atomic E-state index is -0.899. The topological polar surface area (TPSA) is 69.6 Å². The third kappa shape index (κ3) is 3.68. The molecule has 0 aromatic carbocycles. The smallest absolute Gasteiger partial charge is 0.319 e. The number of aliphatic carboxylic acids is 1. The third-order valence-corrected chi connectivity index (χ3v) is 3.83. The van der Waals surface area contributed by atoms with Crippen LogP contribution in [0.25, 0.3) is 0 Å². The first-order valence-electron chi connectivity index (χ1n) is 5.29. The van der Waals surface area contributed by atoms with Crippen LogP contribution in [0, 0.1) is 0 Å². The molecule has 1 saturated heterocycles. The van der Waals surface area contributed by atoms with E-state index in [0.717, 1.165) is 13.1 Å². The van der Waals surface area contributed by atoms with Crippen molar-refractivity contribution < 1.29 is 14.7 Å². The summed E-state index contributed by atoms with van der Waals surface area (Å²) in [5.74, 6) is -0.620. The number of carbonyl (C=O) groups excluding carboxylic acids is 1. The molecule has 2 N–H and O–H groups in total. The van der Waals surface area contributed by atoms with Crippen molar-refractivity contribution in [1.82, 2.24) is 10.2 Å². The van der Waals surface area contributed by atoms with Crippen LogP contribution in [0.2, 0.25) is 0 Å². The van der Waals surface area contributed by atoms with Gasteiger partial charge in [0.15, 0.2) is 0 Å². The van der Waals surface area contributed by atoms with Gasteiger partial charge in [-0.3, -0.25) is 9.59 Å². The van der Waals surface area contributed by atoms with Gasteiger partial charge in [0.2, 0.25) is 5.91 Å². The number of nitrogens with zero attached hydrogens (tertiary/aromatic N) is 1. The Morgan fingerprint density at radius 3 is 2.44 bits per heavy atom. The molecule has 0 aromatic rings. The van der Waals surface area contributed by atoms with Crippen molar-refractivity contribution in [3.05, 3.63) is 0 Å². The van der Waals surface area contributed by atoms with Gasteiger partial charge in [0, 0.05) is 26.2 Å². The van der Waals surface area contributed by atoms with Crippen LogP contribution in [-0.2, 0) is 9.59 Å². The molecule has 1 fully saturated rings. The summed E-state index contributed by atoms with van der Waals surface area (Å²) >= 11 is 1.18. The van der Waals surface area contributed by atoms with Crippen molar-refractivity contribution in [2.45, 2.75) is 18.6 Å². The summed E-state index contributed by atoms with van der Waals surface area (Å²) in [4.78, 5) is 24.4. The molecule has 0 bridgehead atoms. The summed E-state index contributed by atoms with van der Waals surface area (Å²) in [6.45, 7) is 6.30. The molecular formula is C10H18N2O3S. The summed E-state index contributed by atoms with van der Waals surface area (Å²) in [5.41, 5.74) is 0. The van der Waals surface area contributed by atoms with Gasteiger partial charge in [-0.15, -0.1) is 11.8 Å². The number of carboxylic acid groups (broad SMARTS) is 1. The van der Waals surface area contributed by atoms with E-state index in [9.17, 15) is 9.59 Å². The Hall–Kier alpha value is -0.750. The van der Waals surface area contributed by atoms with Gasteiger partial charge in [0.1, 0.15) is 4.75 Å². The van der Waals surface area contributed by atoms with Crippen LogP contribution >= 0.6 is 11.8 Å². The van der Waals surface area contributed by atoms with E-state index in [1.54, 1.807) is 18.7 Å². The van der Waals surface area contributed by atoms with Crippen molar-refractivity contribution in [3.8, 4) is 0 Å². The Morgan fingerprint density at radius 2 is 1.94 bits per heavy atom. The lowest BCUT2D eigenvalue weighted by Crippen LogP contribution is -2.47. The van der Waals surface area contributed by atoms with E-state index in [2.05, 4.69) is 5.32 Å². The van der Waals surface area contributed by atoms with E-state index in [0.29, 0.717) is 13.1 Å². The molecule has 1 aliphatic rings. The fraction of sp³-hybridized carbons (Fsp3) is 0.800. The molecule has 0 unspecified atom stereocenters. The van der Waals surface area contributed by atoms with Crippen molar-refractivity contribution in [3.63, 3.8) is 0 Å². The molecule has 0 saturated carbocycles. The molecule has 92 valence electrons. The number of carboxylic acids is 1. The fourth-order valence-electron chi connectivity index (χ4n) is 1.31. The van der Waals surface area contributed by atoms with Gasteiger partial charge in [-0.25, -0.2) is 0 Å². The molecular weight excluding hydrogens is 228 g/mol. The quantitative estimate of drug-likeness (QED) is 0.731. The van der Waals surface area contributed by atoms with Gasteiger partial charge in [-0.05, 0) is 13.8 Å². The Labute approximate surface area is 99.6 Å². The van der Waals surface area contributed by atoms with Gasteiger partial charge in [-0.2, -0.15) is 0 Å². The molecule has 6 heteroatoms. The second-order valence-corrected chi connectivity index (χ2v) is 5.83. The first-order valence-corrected chi connectivity index (χ1v) is 6.28. The summed E-state index contributed by atoms with van der Waals surface area (Å²) in [7, 11) is 0. The maximum Gasteiger partial charge on any atom is 0.319 e. The van der Waals surface area contributed by atoms with E-state index < -0.39 is 10.7 Å². The largest absolute Gasteiger partial charge is 0.480 e. The molecule has 0 atom stereocenters. The van der Waals surface area contributed by atoms with E-state index in [1.165, 1.54) is 11.8 Å². The molecule has 1 amide bonds. The number of rotatable bonds is 4. The highest BCUT2D eigenvalue weighted by Crippen LogP contribution is 2.24. The predicted molar refractivity (Wildman–Crippen MR) is 63.6 cm³/mol. The molecule has 0 spiro atoms. The van der Waals surface area contributed by atoms with Gasteiger partial charge < -0.3 is 15.3 Å². The number of amides is 1. The second-order valence-electron chi connectivity index (χ2n) is 4.23. The Kier molecular flexibility index (Phi) is 4.61. The second kappa shape index (κ2) is 5.54. The average molecular weight is 246 g/mol. The lowest BCUT2D eigenvalue weighted by atomic mass is 10.2. The first kappa shape index (κ1) is 13.3. The van der Waals surface area contributed by atoms with E-state index >= 15 is 0 Å². The molecule has 1 aliphatic heterocycles. The van der Waals surface area contributed by atoms with Crippen LogP contribution in [0.4, 0.5) is 0 Å². The SMILES string of the molecule is CC(C)(SCC(=O)N1CCNCC1)C(=O)O. The highest BCUT2D eigenvalue weighted by molar-refractivity contribution is 8.01. The Bertz CT molecular complexity index is 275. The standard InChI is InChI=1S/C10H18N2O3S/c1-10(2,9(14)15)16-7-8(13)12-5-3-11-4-6-12/h11H,3-7H2,1-2H3,(H,14,15). The number of hydrogen-bond donors (Lipinski definition) is 2. The molecule has 5 nitrogen and oxygen atoms in total. The monoisotopic (exact) mass is 246 g/mol. The van der Waals surface area contributed by atoms with Crippen LogP contribution < -0.4 is 5.32 Å². The zero-order valence-electron chi connectivity index (χ0n) is 9.65. The van der Waals surface area contributed by atoms with Gasteiger partial charge in [0.25, 0.3) is 0 Å². The van der Waals surface area contributed by atoms with Crippen molar-refractivity contribution in [2.24, 2.45) is 0 Å². The number of hydrogen-bond acceptors (Lipinski definition) is 4. The fourth-order valence-corrected chi connectivity index (χ4v) is 2.10. The number of piperazine rings is 1. The normalized spacial score (nSPS) is 17.2. The first-order chi connectivity index (χ1) is 7.43. The van der Waals surface area contributed by atoms with E-state index in [-0.39, 0.29) is 11.7 Å². The van der Waals surface area contributed by atoms with Crippen LogP contribution in [0.15, 0.2) is 0 Å². The predicted octanol–water partition coefficient (Wildman–Crippen LogP) is 0.0146. The highest BCUT2D eigenvalue weighted by Gasteiger charge is 2.29. The zero-order valence-corrected chi connectivity index (χ0v) is 10.5. The highest BCUT2D eigenvalue weighted by atomic mass is 32.2. The minimum Gasteiger partial charge on any atom is -0.480 e. The lowest BCUT2D eigenvalue weighted by molar-refractivity contribution is -0.138. The van der Waals surface area contributed by atoms with Crippen molar-refractivity contribution >= 4 is 23.6 Å². The van der Waals surface area contributed by atoms with E-state index in [4.69, 9.17) is 5.11 Å². The molecule has 0 aromatic heterocycles. The molecule has 0 aliphatic carbocycles. The Balaban J connectivity index is 2.37. The van der Waals surface area contributed by atoms with Gasteiger partial charge >= 0.3 is 5.97 Å². The number of nitrogens with one attached hydrogen (secondary N) is 1. The van der Waals surface area contributed by atoms with Gasteiger partial charge in [-0.1, -0.05) is 0 Å². The van der Waals surface area contributed by atoms with Crippen LogP contribution in [-0.4, -0.2) is 58.6 Å². The minimum absolute atomic E-state index is 0.0285. The maximum absolute atomic E-state index is 11.8. The maximum atomic E-state index is 11.8. The summed E-state index contributed by atoms with van der Waals surface area (Å²) in [6.07, 6.45) is 0. The van der Waals surface area contributed by atoms with Crippen LogP contribution in [0.3, 0.4) is 0 Å². The summed E-state index contributed by atoms with van der Waals surface area (Å²) in [6, 6.07) is 0. The third-order valence-electron chi connectivity index (χ3n) is 2.54. The Morgan fingerprint density at radius 1 is 1.38 bits per heavy atom.